The molecule has 0 bridgehead atoms. The Bertz CT molecular complexity index is 393. The molecule has 1 amide bonds. The highest BCUT2D eigenvalue weighted by Gasteiger charge is 2.14. The van der Waals surface area contributed by atoms with Crippen LogP contribution in [-0.4, -0.2) is 16.1 Å². The lowest BCUT2D eigenvalue weighted by atomic mass is 10.1. The summed E-state index contributed by atoms with van der Waals surface area (Å²) in [5.74, 6) is -0.843. The maximum absolute atomic E-state index is 10.6. The topological polar surface area (TPSA) is 83.6 Å². The first-order chi connectivity index (χ1) is 6.43. The lowest BCUT2D eigenvalue weighted by molar-refractivity contribution is -0.117. The summed E-state index contributed by atoms with van der Waals surface area (Å²) in [7, 11) is 0. The highest BCUT2D eigenvalue weighted by atomic mass is 79.9. The van der Waals surface area contributed by atoms with E-state index in [0.29, 0.717) is 10.0 Å². The lowest BCUT2D eigenvalue weighted by Crippen LogP contribution is -2.13. The Balaban J connectivity index is 3.25. The van der Waals surface area contributed by atoms with Crippen LogP contribution in [0.4, 0.5) is 0 Å². The molecular formula is C8H7Br2NO3. The SMILES string of the molecule is NC(=O)Cc1cc(Br)c(O)c(Br)c1O. The molecule has 1 rings (SSSR count). The summed E-state index contributed by atoms with van der Waals surface area (Å²) in [6, 6.07) is 1.44. The van der Waals surface area contributed by atoms with Crippen molar-refractivity contribution in [3.8, 4) is 11.5 Å². The van der Waals surface area contributed by atoms with Crippen LogP contribution in [-0.2, 0) is 11.2 Å². The van der Waals surface area contributed by atoms with Crippen LogP contribution in [0.5, 0.6) is 11.5 Å². The Labute approximate surface area is 97.0 Å². The number of rotatable bonds is 2. The fraction of sp³-hybridized carbons (Fsp3) is 0.125. The zero-order valence-corrected chi connectivity index (χ0v) is 10.1. The van der Waals surface area contributed by atoms with Gasteiger partial charge in [0.15, 0.2) is 0 Å². The van der Waals surface area contributed by atoms with Gasteiger partial charge in [-0.15, -0.1) is 0 Å². The zero-order valence-electron chi connectivity index (χ0n) is 6.92. The Kier molecular flexibility index (Phi) is 3.38. The van der Waals surface area contributed by atoms with Crippen molar-refractivity contribution < 1.29 is 15.0 Å². The molecule has 4 N–H and O–H groups in total. The number of hydrogen-bond acceptors (Lipinski definition) is 3. The van der Waals surface area contributed by atoms with Gasteiger partial charge < -0.3 is 15.9 Å². The van der Waals surface area contributed by atoms with Crippen LogP contribution in [0.1, 0.15) is 5.56 Å². The molecule has 0 aromatic heterocycles. The summed E-state index contributed by atoms with van der Waals surface area (Å²) in [5.41, 5.74) is 5.34. The second-order valence-corrected chi connectivity index (χ2v) is 4.32. The van der Waals surface area contributed by atoms with E-state index in [0.717, 1.165) is 0 Å². The number of carbonyl (C=O) groups excluding carboxylic acids is 1. The van der Waals surface area contributed by atoms with E-state index in [9.17, 15) is 15.0 Å². The quantitative estimate of drug-likeness (QED) is 0.773. The van der Waals surface area contributed by atoms with E-state index in [1.165, 1.54) is 6.07 Å². The van der Waals surface area contributed by atoms with Crippen molar-refractivity contribution in [2.75, 3.05) is 0 Å². The molecule has 0 aliphatic rings. The minimum absolute atomic E-state index is 0.0800. The standard InChI is InChI=1S/C8H7Br2NO3/c9-4-1-3(2-5(11)12)7(13)6(10)8(4)14/h1,13-14H,2H2,(H2,11,12). The molecule has 0 atom stereocenters. The molecule has 1 aromatic carbocycles. The number of hydrogen-bond donors (Lipinski definition) is 3. The van der Waals surface area contributed by atoms with E-state index >= 15 is 0 Å². The van der Waals surface area contributed by atoms with Crippen LogP contribution in [0, 0.1) is 0 Å². The molecule has 0 aliphatic carbocycles. The predicted octanol–water partition coefficient (Wildman–Crippen LogP) is 1.65. The van der Waals surface area contributed by atoms with Crippen molar-refractivity contribution >= 4 is 37.8 Å². The Morgan fingerprint density at radius 2 is 1.93 bits per heavy atom. The van der Waals surface area contributed by atoms with E-state index in [1.54, 1.807) is 0 Å². The van der Waals surface area contributed by atoms with Crippen LogP contribution in [0.15, 0.2) is 15.0 Å². The number of amides is 1. The molecule has 1 aromatic rings. The van der Waals surface area contributed by atoms with Gasteiger partial charge in [0.2, 0.25) is 5.91 Å². The Morgan fingerprint density at radius 1 is 1.36 bits per heavy atom. The monoisotopic (exact) mass is 323 g/mol. The summed E-state index contributed by atoms with van der Waals surface area (Å²) in [6.07, 6.45) is -0.0800. The fourth-order valence-electron chi connectivity index (χ4n) is 0.970. The first-order valence-electron chi connectivity index (χ1n) is 3.60. The molecule has 0 saturated heterocycles. The largest absolute Gasteiger partial charge is 0.506 e. The van der Waals surface area contributed by atoms with Gasteiger partial charge in [-0.3, -0.25) is 4.79 Å². The van der Waals surface area contributed by atoms with E-state index in [1.807, 2.05) is 0 Å². The number of nitrogens with two attached hydrogens (primary N) is 1. The van der Waals surface area contributed by atoms with Gasteiger partial charge in [0.25, 0.3) is 0 Å². The van der Waals surface area contributed by atoms with Crippen LogP contribution < -0.4 is 5.73 Å². The molecule has 0 aliphatic heterocycles. The molecule has 0 spiro atoms. The average molecular weight is 325 g/mol. The molecule has 0 unspecified atom stereocenters. The number of phenols is 2. The van der Waals surface area contributed by atoms with Crippen molar-refractivity contribution in [3.05, 3.63) is 20.6 Å². The number of carbonyl (C=O) groups is 1. The van der Waals surface area contributed by atoms with Crippen LogP contribution in [0.25, 0.3) is 0 Å². The van der Waals surface area contributed by atoms with Gasteiger partial charge in [0.05, 0.1) is 10.9 Å². The molecule has 14 heavy (non-hydrogen) atoms. The Morgan fingerprint density at radius 3 is 2.43 bits per heavy atom. The van der Waals surface area contributed by atoms with E-state index in [2.05, 4.69) is 31.9 Å². The number of aromatic hydroxyl groups is 2. The molecule has 0 radical (unpaired) electrons. The van der Waals surface area contributed by atoms with Gasteiger partial charge in [0.1, 0.15) is 16.0 Å². The highest BCUT2D eigenvalue weighted by Crippen LogP contribution is 2.41. The van der Waals surface area contributed by atoms with Crippen LogP contribution >= 0.6 is 31.9 Å². The van der Waals surface area contributed by atoms with Crippen molar-refractivity contribution in [2.24, 2.45) is 5.73 Å². The van der Waals surface area contributed by atoms with Gasteiger partial charge in [-0.25, -0.2) is 0 Å². The molecule has 6 heteroatoms. The van der Waals surface area contributed by atoms with Gasteiger partial charge >= 0.3 is 0 Å². The van der Waals surface area contributed by atoms with Gasteiger partial charge in [-0.1, -0.05) is 0 Å². The maximum Gasteiger partial charge on any atom is 0.221 e. The molecule has 0 saturated carbocycles. The number of phenolic OH excluding ortho intramolecular Hbond substituents is 2. The van der Waals surface area contributed by atoms with Gasteiger partial charge in [-0.2, -0.15) is 0 Å². The number of halogens is 2. The summed E-state index contributed by atoms with van der Waals surface area (Å²) in [5, 5.41) is 18.9. The number of primary amides is 1. The highest BCUT2D eigenvalue weighted by molar-refractivity contribution is 9.11. The van der Waals surface area contributed by atoms with E-state index in [-0.39, 0.29) is 22.4 Å². The Hall–Kier alpha value is -0.750. The third kappa shape index (κ3) is 2.19. The van der Waals surface area contributed by atoms with Crippen LogP contribution in [0.2, 0.25) is 0 Å². The van der Waals surface area contributed by atoms with Crippen molar-refractivity contribution in [3.63, 3.8) is 0 Å². The second kappa shape index (κ2) is 4.18. The third-order valence-corrected chi connectivity index (χ3v) is 2.97. The lowest BCUT2D eigenvalue weighted by Gasteiger charge is -2.07. The summed E-state index contributed by atoms with van der Waals surface area (Å²) in [4.78, 5) is 10.6. The van der Waals surface area contributed by atoms with E-state index < -0.39 is 5.91 Å². The maximum atomic E-state index is 10.6. The zero-order chi connectivity index (χ0) is 10.9. The van der Waals surface area contributed by atoms with E-state index in [4.69, 9.17) is 5.73 Å². The summed E-state index contributed by atoms with van der Waals surface area (Å²) < 4.78 is 0.529. The van der Waals surface area contributed by atoms with Gasteiger partial charge in [0, 0.05) is 5.56 Å². The third-order valence-electron chi connectivity index (χ3n) is 1.61. The average Bonchev–Trinajstić information content (AvgIpc) is 2.10. The van der Waals surface area contributed by atoms with Crippen molar-refractivity contribution in [2.45, 2.75) is 6.42 Å². The normalized spacial score (nSPS) is 10.1. The first kappa shape index (κ1) is 11.3. The van der Waals surface area contributed by atoms with Crippen molar-refractivity contribution in [1.29, 1.82) is 0 Å². The summed E-state index contributed by atoms with van der Waals surface area (Å²) in [6.45, 7) is 0. The molecule has 4 nitrogen and oxygen atoms in total. The number of benzene rings is 1. The smallest absolute Gasteiger partial charge is 0.221 e. The molecule has 76 valence electrons. The molecular weight excluding hydrogens is 318 g/mol. The molecule has 0 fully saturated rings. The van der Waals surface area contributed by atoms with Crippen LogP contribution in [0.3, 0.4) is 0 Å². The predicted molar refractivity (Wildman–Crippen MR) is 58.1 cm³/mol. The molecule has 0 heterocycles. The van der Waals surface area contributed by atoms with Crippen molar-refractivity contribution in [1.82, 2.24) is 0 Å². The summed E-state index contributed by atoms with van der Waals surface area (Å²) >= 11 is 6.07. The first-order valence-corrected chi connectivity index (χ1v) is 5.19. The fourth-order valence-corrected chi connectivity index (χ4v) is 2.18. The second-order valence-electron chi connectivity index (χ2n) is 2.67. The van der Waals surface area contributed by atoms with Gasteiger partial charge in [-0.05, 0) is 37.9 Å². The minimum Gasteiger partial charge on any atom is -0.506 e. The minimum atomic E-state index is -0.551.